The highest BCUT2D eigenvalue weighted by Gasteiger charge is 2.23. The van der Waals surface area contributed by atoms with E-state index in [-0.39, 0.29) is 17.7 Å². The van der Waals surface area contributed by atoms with E-state index in [9.17, 15) is 9.59 Å². The van der Waals surface area contributed by atoms with E-state index in [2.05, 4.69) is 16.0 Å². The first kappa shape index (κ1) is 12.0. The van der Waals surface area contributed by atoms with Crippen LogP contribution in [0.1, 0.15) is 19.8 Å². The average molecular weight is 213 g/mol. The van der Waals surface area contributed by atoms with Gasteiger partial charge in [0, 0.05) is 13.6 Å². The Morgan fingerprint density at radius 2 is 2.20 bits per heavy atom. The molecule has 1 rings (SSSR count). The van der Waals surface area contributed by atoms with Crippen LogP contribution in [0.25, 0.3) is 0 Å². The minimum absolute atomic E-state index is 0.00542. The number of piperidine rings is 1. The van der Waals surface area contributed by atoms with Gasteiger partial charge in [0.05, 0.1) is 5.92 Å². The number of hydrogen-bond acceptors (Lipinski definition) is 3. The lowest BCUT2D eigenvalue weighted by Crippen LogP contribution is -2.48. The molecule has 1 aliphatic rings. The van der Waals surface area contributed by atoms with Crippen molar-refractivity contribution in [3.05, 3.63) is 0 Å². The maximum Gasteiger partial charge on any atom is 0.242 e. The molecule has 2 amide bonds. The van der Waals surface area contributed by atoms with E-state index in [4.69, 9.17) is 0 Å². The molecule has 5 heteroatoms. The summed E-state index contributed by atoms with van der Waals surface area (Å²) >= 11 is 0. The SMILES string of the molecule is CNC(=O)[C@@H](C)NC(=O)[C@@H]1CCCNC1. The fourth-order valence-electron chi connectivity index (χ4n) is 1.69. The van der Waals surface area contributed by atoms with Gasteiger partial charge in [-0.25, -0.2) is 0 Å². The third kappa shape index (κ3) is 3.51. The zero-order valence-corrected chi connectivity index (χ0v) is 9.30. The smallest absolute Gasteiger partial charge is 0.242 e. The van der Waals surface area contributed by atoms with Crippen molar-refractivity contribution in [1.82, 2.24) is 16.0 Å². The predicted octanol–water partition coefficient (Wildman–Crippen LogP) is -0.763. The average Bonchev–Trinajstić information content (AvgIpc) is 2.29. The highest BCUT2D eigenvalue weighted by atomic mass is 16.2. The number of likely N-dealkylation sites (N-methyl/N-ethyl adjacent to an activating group) is 1. The van der Waals surface area contributed by atoms with Crippen molar-refractivity contribution in [3.8, 4) is 0 Å². The number of amides is 2. The Balaban J connectivity index is 2.36. The van der Waals surface area contributed by atoms with Crippen LogP contribution >= 0.6 is 0 Å². The molecule has 0 spiro atoms. The van der Waals surface area contributed by atoms with E-state index in [1.54, 1.807) is 14.0 Å². The van der Waals surface area contributed by atoms with E-state index in [0.29, 0.717) is 6.54 Å². The van der Waals surface area contributed by atoms with Gasteiger partial charge >= 0.3 is 0 Å². The van der Waals surface area contributed by atoms with Crippen molar-refractivity contribution < 1.29 is 9.59 Å². The van der Waals surface area contributed by atoms with E-state index in [1.807, 2.05) is 0 Å². The van der Waals surface area contributed by atoms with Gasteiger partial charge < -0.3 is 16.0 Å². The normalized spacial score (nSPS) is 22.9. The second kappa shape index (κ2) is 5.70. The zero-order valence-electron chi connectivity index (χ0n) is 9.30. The van der Waals surface area contributed by atoms with Crippen LogP contribution in [0.5, 0.6) is 0 Å². The van der Waals surface area contributed by atoms with Crippen molar-refractivity contribution in [3.63, 3.8) is 0 Å². The first-order valence-electron chi connectivity index (χ1n) is 5.38. The number of nitrogens with one attached hydrogen (secondary N) is 3. The number of hydrogen-bond donors (Lipinski definition) is 3. The van der Waals surface area contributed by atoms with Crippen molar-refractivity contribution in [2.75, 3.05) is 20.1 Å². The summed E-state index contributed by atoms with van der Waals surface area (Å²) in [6, 6.07) is -0.454. The Labute approximate surface area is 90.0 Å². The number of rotatable bonds is 3. The largest absolute Gasteiger partial charge is 0.357 e. The zero-order chi connectivity index (χ0) is 11.3. The molecule has 1 fully saturated rings. The highest BCUT2D eigenvalue weighted by Crippen LogP contribution is 2.09. The van der Waals surface area contributed by atoms with Crippen LogP contribution in [0.4, 0.5) is 0 Å². The standard InChI is InChI=1S/C10H19N3O2/c1-7(9(14)11-2)13-10(15)8-4-3-5-12-6-8/h7-8,12H,3-6H2,1-2H3,(H,11,14)(H,13,15)/t7-,8-/m1/s1. The molecule has 0 aromatic heterocycles. The van der Waals surface area contributed by atoms with Crippen molar-refractivity contribution >= 4 is 11.8 Å². The Morgan fingerprint density at radius 1 is 1.47 bits per heavy atom. The van der Waals surface area contributed by atoms with Crippen molar-refractivity contribution in [1.29, 1.82) is 0 Å². The maximum atomic E-state index is 11.7. The Kier molecular flexibility index (Phi) is 4.55. The van der Waals surface area contributed by atoms with Crippen LogP contribution in [0.3, 0.4) is 0 Å². The van der Waals surface area contributed by atoms with Gasteiger partial charge in [0.25, 0.3) is 0 Å². The molecule has 0 aromatic carbocycles. The molecule has 0 saturated carbocycles. The molecule has 0 unspecified atom stereocenters. The van der Waals surface area contributed by atoms with E-state index in [0.717, 1.165) is 19.4 Å². The van der Waals surface area contributed by atoms with Gasteiger partial charge in [-0.05, 0) is 26.3 Å². The summed E-state index contributed by atoms with van der Waals surface area (Å²) in [5.41, 5.74) is 0. The van der Waals surface area contributed by atoms with Crippen LogP contribution in [-0.2, 0) is 9.59 Å². The topological polar surface area (TPSA) is 70.2 Å². The van der Waals surface area contributed by atoms with Gasteiger partial charge in [-0.3, -0.25) is 9.59 Å². The molecule has 1 saturated heterocycles. The van der Waals surface area contributed by atoms with Crippen LogP contribution in [0, 0.1) is 5.92 Å². The van der Waals surface area contributed by atoms with Gasteiger partial charge in [-0.15, -0.1) is 0 Å². The van der Waals surface area contributed by atoms with Gasteiger partial charge in [-0.1, -0.05) is 0 Å². The maximum absolute atomic E-state index is 11.7. The van der Waals surface area contributed by atoms with Crippen molar-refractivity contribution in [2.45, 2.75) is 25.8 Å². The highest BCUT2D eigenvalue weighted by molar-refractivity contribution is 5.88. The molecular formula is C10H19N3O2. The van der Waals surface area contributed by atoms with Gasteiger partial charge in [0.2, 0.25) is 11.8 Å². The molecule has 86 valence electrons. The molecule has 0 radical (unpaired) electrons. The fraction of sp³-hybridized carbons (Fsp3) is 0.800. The fourth-order valence-corrected chi connectivity index (χ4v) is 1.69. The molecule has 2 atom stereocenters. The quantitative estimate of drug-likeness (QED) is 0.577. The first-order valence-corrected chi connectivity index (χ1v) is 5.38. The van der Waals surface area contributed by atoms with Crippen molar-refractivity contribution in [2.24, 2.45) is 5.92 Å². The lowest BCUT2D eigenvalue weighted by atomic mass is 9.98. The minimum Gasteiger partial charge on any atom is -0.357 e. The first-order chi connectivity index (χ1) is 7.15. The summed E-state index contributed by atoms with van der Waals surface area (Å²) < 4.78 is 0. The molecule has 0 aliphatic carbocycles. The van der Waals surface area contributed by atoms with E-state index < -0.39 is 6.04 Å². The molecule has 0 aromatic rings. The molecular weight excluding hydrogens is 194 g/mol. The number of carbonyl (C=O) groups is 2. The summed E-state index contributed by atoms with van der Waals surface area (Å²) in [5, 5.41) is 8.38. The summed E-state index contributed by atoms with van der Waals surface area (Å²) in [6.07, 6.45) is 1.92. The van der Waals surface area contributed by atoms with Crippen LogP contribution in [0.2, 0.25) is 0 Å². The van der Waals surface area contributed by atoms with Gasteiger partial charge in [-0.2, -0.15) is 0 Å². The summed E-state index contributed by atoms with van der Waals surface area (Å²) in [7, 11) is 1.56. The summed E-state index contributed by atoms with van der Waals surface area (Å²) in [5.74, 6) is -0.184. The number of carbonyl (C=O) groups excluding carboxylic acids is 2. The molecule has 15 heavy (non-hydrogen) atoms. The summed E-state index contributed by atoms with van der Waals surface area (Å²) in [6.45, 7) is 3.38. The third-order valence-electron chi connectivity index (χ3n) is 2.67. The van der Waals surface area contributed by atoms with Gasteiger partial charge in [0.1, 0.15) is 6.04 Å². The van der Waals surface area contributed by atoms with E-state index >= 15 is 0 Å². The minimum atomic E-state index is -0.454. The second-order valence-electron chi connectivity index (χ2n) is 3.89. The Bertz CT molecular complexity index is 237. The third-order valence-corrected chi connectivity index (χ3v) is 2.67. The molecule has 5 nitrogen and oxygen atoms in total. The molecule has 1 heterocycles. The van der Waals surface area contributed by atoms with Crippen LogP contribution < -0.4 is 16.0 Å². The Morgan fingerprint density at radius 3 is 2.73 bits per heavy atom. The lowest BCUT2D eigenvalue weighted by Gasteiger charge is -2.23. The molecule has 1 aliphatic heterocycles. The molecule has 3 N–H and O–H groups in total. The predicted molar refractivity (Wildman–Crippen MR) is 57.3 cm³/mol. The summed E-state index contributed by atoms with van der Waals surface area (Å²) in [4.78, 5) is 22.9. The van der Waals surface area contributed by atoms with E-state index in [1.165, 1.54) is 0 Å². The van der Waals surface area contributed by atoms with Gasteiger partial charge in [0.15, 0.2) is 0 Å². The molecule has 0 bridgehead atoms. The Hall–Kier alpha value is -1.10. The van der Waals surface area contributed by atoms with Crippen LogP contribution in [0.15, 0.2) is 0 Å². The lowest BCUT2D eigenvalue weighted by molar-refractivity contribution is -0.130. The monoisotopic (exact) mass is 213 g/mol. The second-order valence-corrected chi connectivity index (χ2v) is 3.89. The van der Waals surface area contributed by atoms with Crippen LogP contribution in [-0.4, -0.2) is 38.0 Å².